The quantitative estimate of drug-likeness (QED) is 0.163. The number of rotatable bonds is 3. The molecule has 3 aliphatic heterocycles. The lowest BCUT2D eigenvalue weighted by Gasteiger charge is -2.51. The smallest absolute Gasteiger partial charge is 0.252 e. The zero-order chi connectivity index (χ0) is 49.4. The van der Waals surface area contributed by atoms with E-state index in [-0.39, 0.29) is 28.5 Å². The van der Waals surface area contributed by atoms with Gasteiger partial charge >= 0.3 is 0 Å². The van der Waals surface area contributed by atoms with Crippen molar-refractivity contribution in [1.82, 2.24) is 0 Å². The van der Waals surface area contributed by atoms with Crippen molar-refractivity contribution in [3.63, 3.8) is 0 Å². The summed E-state index contributed by atoms with van der Waals surface area (Å²) in [5.41, 5.74) is 21.0. The Kier molecular flexibility index (Phi) is 9.32. The van der Waals surface area contributed by atoms with E-state index in [2.05, 4.69) is 230 Å². The first kappa shape index (κ1) is 44.4. The van der Waals surface area contributed by atoms with Crippen molar-refractivity contribution >= 4 is 132 Å². The molecule has 2 unspecified atom stereocenters. The largest absolute Gasteiger partial charge is 0.334 e. The van der Waals surface area contributed by atoms with Crippen molar-refractivity contribution in [2.75, 3.05) is 14.7 Å². The normalized spacial score (nSPS) is 19.3. The predicted molar refractivity (Wildman–Crippen MR) is 316 cm³/mol. The molecule has 356 valence electrons. The summed E-state index contributed by atoms with van der Waals surface area (Å²) in [4.78, 5) is 8.24. The van der Waals surface area contributed by atoms with Crippen LogP contribution in [0.2, 0.25) is 0 Å². The number of hydrogen-bond acceptors (Lipinski definition) is 5. The summed E-state index contributed by atoms with van der Waals surface area (Å²) in [7, 11) is 0. The van der Waals surface area contributed by atoms with Gasteiger partial charge in [0.05, 0.1) is 15.9 Å². The summed E-state index contributed by atoms with van der Waals surface area (Å²) in [5.74, 6) is 0. The second-order valence-electron chi connectivity index (χ2n) is 24.2. The molecule has 2 aromatic heterocycles. The number of anilines is 8. The van der Waals surface area contributed by atoms with Crippen molar-refractivity contribution in [1.29, 1.82) is 0 Å². The summed E-state index contributed by atoms with van der Waals surface area (Å²) in [6.07, 6.45) is 4.80. The van der Waals surface area contributed by atoms with E-state index in [1.54, 1.807) is 5.56 Å². The van der Waals surface area contributed by atoms with Crippen LogP contribution in [0, 0.1) is 13.8 Å². The van der Waals surface area contributed by atoms with E-state index in [0.717, 1.165) is 6.42 Å². The molecule has 6 heteroatoms. The fourth-order valence-corrected chi connectivity index (χ4v) is 16.4. The van der Waals surface area contributed by atoms with E-state index >= 15 is 0 Å². The van der Waals surface area contributed by atoms with Crippen LogP contribution < -0.4 is 31.1 Å². The summed E-state index contributed by atoms with van der Waals surface area (Å²) in [6, 6.07) is 57.5. The highest BCUT2D eigenvalue weighted by molar-refractivity contribution is 7.26. The Morgan fingerprint density at radius 1 is 0.486 bits per heavy atom. The number of nitrogens with zero attached hydrogens (tertiary/aromatic N) is 3. The lowest BCUT2D eigenvalue weighted by atomic mass is 9.33. The van der Waals surface area contributed by atoms with Crippen LogP contribution in [0.5, 0.6) is 0 Å². The fourth-order valence-electron chi connectivity index (χ4n) is 14.1. The molecule has 4 aliphatic rings. The Morgan fingerprint density at radius 3 is 1.78 bits per heavy atom. The minimum absolute atomic E-state index is 0.00259. The molecule has 1 saturated carbocycles. The minimum atomic E-state index is -0.139. The summed E-state index contributed by atoms with van der Waals surface area (Å²) < 4.78 is 5.30. The van der Waals surface area contributed by atoms with Crippen LogP contribution in [-0.2, 0) is 16.2 Å². The zero-order valence-corrected chi connectivity index (χ0v) is 45.1. The number of benzene rings is 8. The van der Waals surface area contributed by atoms with Crippen molar-refractivity contribution in [3.8, 4) is 0 Å². The van der Waals surface area contributed by atoms with E-state index in [1.807, 2.05) is 22.7 Å². The van der Waals surface area contributed by atoms with Crippen molar-refractivity contribution < 1.29 is 0 Å². The van der Waals surface area contributed by atoms with Gasteiger partial charge in [-0.05, 0) is 155 Å². The standard InChI is InChI=1S/C66H62BN3S2/c1-39-32-40(2)60-54(33-39)70(66(10)31-16-15-30-65(60,66)9)44-37-55-61-56(38-44)69(51-21-17-20-47-45-18-11-14-23-58(45)72-62(47)51)53-35-42(64(6,7)8)25-28-50(53)67(61)49-27-24-41(63(3,4)5)34-52(49)68(55)43-26-29-59-48(36-43)46-19-12-13-22-57(46)71-59/h11-14,17-29,32-38H,15-16,30-31H2,1-10H3. The topological polar surface area (TPSA) is 9.72 Å². The SMILES string of the molecule is Cc1cc(C)c2c(c1)N(c1cc3c4c(c1)N(c1cccc5c1sc1ccccc15)c1cc(C(C)(C)C)ccc1B4c1ccc(C(C)(C)C)cc1N3c1ccc3sc4ccccc4c3c1)C1(C)CCCCC21C. The van der Waals surface area contributed by atoms with Crippen LogP contribution in [-0.4, -0.2) is 12.3 Å². The third-order valence-corrected chi connectivity index (χ3v) is 20.2. The monoisotopic (exact) mass is 971 g/mol. The predicted octanol–water partition coefficient (Wildman–Crippen LogP) is 17.5. The molecule has 3 nitrogen and oxygen atoms in total. The molecular formula is C66H62BN3S2. The van der Waals surface area contributed by atoms with Gasteiger partial charge in [-0.15, -0.1) is 22.7 Å². The Hall–Kier alpha value is -6.34. The van der Waals surface area contributed by atoms with Gasteiger partial charge in [-0.1, -0.05) is 140 Å². The van der Waals surface area contributed by atoms with Gasteiger partial charge in [0.25, 0.3) is 6.71 Å². The maximum atomic E-state index is 2.85. The van der Waals surface area contributed by atoms with Crippen LogP contribution >= 0.6 is 22.7 Å². The molecule has 0 amide bonds. The van der Waals surface area contributed by atoms with Crippen LogP contribution in [0.1, 0.15) is 109 Å². The molecule has 0 spiro atoms. The van der Waals surface area contributed by atoms with Crippen molar-refractivity contribution in [2.24, 2.45) is 0 Å². The van der Waals surface area contributed by atoms with Gasteiger partial charge in [0.15, 0.2) is 0 Å². The lowest BCUT2D eigenvalue weighted by Crippen LogP contribution is -2.61. The molecule has 8 aromatic carbocycles. The molecule has 0 saturated heterocycles. The Balaban J connectivity index is 1.15. The van der Waals surface area contributed by atoms with Crippen LogP contribution in [0.3, 0.4) is 0 Å². The highest BCUT2D eigenvalue weighted by Gasteiger charge is 2.59. The number of thiophene rings is 2. The van der Waals surface area contributed by atoms with E-state index < -0.39 is 0 Å². The zero-order valence-electron chi connectivity index (χ0n) is 43.4. The van der Waals surface area contributed by atoms with Gasteiger partial charge in [-0.25, -0.2) is 0 Å². The number of aryl methyl sites for hydroxylation is 2. The Bertz CT molecular complexity index is 3960. The first-order valence-electron chi connectivity index (χ1n) is 26.3. The maximum Gasteiger partial charge on any atom is 0.252 e. The number of fused-ring (bicyclic) bond motifs is 13. The first-order chi connectivity index (χ1) is 34.5. The minimum Gasteiger partial charge on any atom is -0.334 e. The second-order valence-corrected chi connectivity index (χ2v) is 26.3. The highest BCUT2D eigenvalue weighted by atomic mass is 32.1. The van der Waals surface area contributed by atoms with Gasteiger partial charge in [0.2, 0.25) is 0 Å². The van der Waals surface area contributed by atoms with Crippen LogP contribution in [0.4, 0.5) is 45.5 Å². The van der Waals surface area contributed by atoms with Gasteiger partial charge in [0, 0.05) is 80.9 Å². The summed E-state index contributed by atoms with van der Waals surface area (Å²) in [6.45, 7) is 24.1. The molecular weight excluding hydrogens is 910 g/mol. The van der Waals surface area contributed by atoms with E-state index in [9.17, 15) is 0 Å². The van der Waals surface area contributed by atoms with Crippen molar-refractivity contribution in [2.45, 2.75) is 117 Å². The van der Waals surface area contributed by atoms with E-state index in [4.69, 9.17) is 0 Å². The average Bonchev–Trinajstić information content (AvgIpc) is 3.98. The molecule has 14 rings (SSSR count). The second kappa shape index (κ2) is 15.1. The summed E-state index contributed by atoms with van der Waals surface area (Å²) in [5, 5.41) is 5.28. The Morgan fingerprint density at radius 2 is 1.08 bits per heavy atom. The van der Waals surface area contributed by atoms with Gasteiger partial charge < -0.3 is 14.7 Å². The van der Waals surface area contributed by atoms with Crippen LogP contribution in [0.15, 0.2) is 146 Å². The molecule has 0 bridgehead atoms. The first-order valence-corrected chi connectivity index (χ1v) is 28.0. The molecule has 0 radical (unpaired) electrons. The summed E-state index contributed by atoms with van der Waals surface area (Å²) >= 11 is 3.83. The molecule has 2 atom stereocenters. The van der Waals surface area contributed by atoms with Gasteiger partial charge in [-0.3, -0.25) is 0 Å². The van der Waals surface area contributed by atoms with Gasteiger partial charge in [-0.2, -0.15) is 0 Å². The highest BCUT2D eigenvalue weighted by Crippen LogP contribution is 2.63. The van der Waals surface area contributed by atoms with Crippen molar-refractivity contribution in [3.05, 3.63) is 173 Å². The third-order valence-electron chi connectivity index (χ3n) is 17.8. The van der Waals surface area contributed by atoms with E-state index in [0.29, 0.717) is 0 Å². The van der Waals surface area contributed by atoms with Crippen LogP contribution in [0.25, 0.3) is 40.3 Å². The molecule has 1 aliphatic carbocycles. The molecule has 5 heterocycles. The average molecular weight is 972 g/mol. The van der Waals surface area contributed by atoms with Gasteiger partial charge in [0.1, 0.15) is 0 Å². The molecule has 10 aromatic rings. The molecule has 72 heavy (non-hydrogen) atoms. The third kappa shape index (κ3) is 6.09. The maximum absolute atomic E-state index is 2.85. The Labute approximate surface area is 433 Å². The number of hydrogen-bond donors (Lipinski definition) is 0. The molecule has 1 fully saturated rings. The molecule has 0 N–H and O–H groups in total. The van der Waals surface area contributed by atoms with E-state index in [1.165, 1.54) is 144 Å². The lowest BCUT2D eigenvalue weighted by molar-refractivity contribution is 0.194. The fraction of sp³-hybridized carbons (Fsp3) is 0.273.